The quantitative estimate of drug-likeness (QED) is 0.744. The summed E-state index contributed by atoms with van der Waals surface area (Å²) in [5.41, 5.74) is 5.95. The largest absolute Gasteiger partial charge is 0.325 e. The maximum atomic E-state index is 11.6. The normalized spacial score (nSPS) is 34.2. The van der Waals surface area contributed by atoms with Crippen LogP contribution in [0.2, 0.25) is 0 Å². The van der Waals surface area contributed by atoms with Gasteiger partial charge in [-0.2, -0.15) is 0 Å². The van der Waals surface area contributed by atoms with E-state index in [9.17, 15) is 8.42 Å². The molecule has 0 spiro atoms. The van der Waals surface area contributed by atoms with E-state index < -0.39 is 9.84 Å². The molecule has 0 aromatic carbocycles. The second-order valence-corrected chi connectivity index (χ2v) is 8.15. The zero-order valence-corrected chi connectivity index (χ0v) is 12.2. The number of hydrogen-bond donors (Lipinski definition) is 1. The number of sulfone groups is 1. The first-order valence-corrected chi connectivity index (χ1v) is 8.54. The third-order valence-electron chi connectivity index (χ3n) is 4.32. The van der Waals surface area contributed by atoms with Gasteiger partial charge in [0.15, 0.2) is 9.84 Å². The monoisotopic (exact) mass is 275 g/mol. The van der Waals surface area contributed by atoms with Crippen LogP contribution in [0.1, 0.15) is 12.8 Å². The second-order valence-electron chi connectivity index (χ2n) is 5.99. The number of nitrogens with zero attached hydrogens (tertiary/aromatic N) is 2. The zero-order valence-electron chi connectivity index (χ0n) is 11.4. The van der Waals surface area contributed by atoms with E-state index in [0.717, 1.165) is 19.6 Å². The Morgan fingerprint density at radius 1 is 1.28 bits per heavy atom. The predicted molar refractivity (Wildman–Crippen MR) is 73.3 cm³/mol. The molecule has 6 heteroatoms. The molecule has 2 rings (SSSR count). The van der Waals surface area contributed by atoms with Crippen LogP contribution >= 0.6 is 0 Å². The van der Waals surface area contributed by atoms with Crippen molar-refractivity contribution in [3.05, 3.63) is 0 Å². The van der Waals surface area contributed by atoms with Gasteiger partial charge in [-0.25, -0.2) is 8.42 Å². The van der Waals surface area contributed by atoms with Crippen LogP contribution in [0, 0.1) is 5.92 Å². The van der Waals surface area contributed by atoms with Crippen LogP contribution in [0.3, 0.4) is 0 Å². The third kappa shape index (κ3) is 3.44. The van der Waals surface area contributed by atoms with Gasteiger partial charge in [0.1, 0.15) is 0 Å². The highest BCUT2D eigenvalue weighted by Crippen LogP contribution is 2.21. The first kappa shape index (κ1) is 14.2. The molecule has 2 aliphatic heterocycles. The number of rotatable bonds is 3. The summed E-state index contributed by atoms with van der Waals surface area (Å²) in [6.07, 6.45) is 2.41. The molecular formula is C12H25N3O2S. The fraction of sp³-hybridized carbons (Fsp3) is 1.00. The number of hydrogen-bond acceptors (Lipinski definition) is 5. The summed E-state index contributed by atoms with van der Waals surface area (Å²) in [5.74, 6) is 1.06. The lowest BCUT2D eigenvalue weighted by Crippen LogP contribution is -2.47. The van der Waals surface area contributed by atoms with Gasteiger partial charge in [-0.15, -0.1) is 0 Å². The molecule has 2 heterocycles. The molecule has 0 bridgehead atoms. The maximum absolute atomic E-state index is 11.6. The molecule has 2 unspecified atom stereocenters. The van der Waals surface area contributed by atoms with Crippen molar-refractivity contribution in [2.24, 2.45) is 11.7 Å². The summed E-state index contributed by atoms with van der Waals surface area (Å²) in [6.45, 7) is 3.27. The minimum absolute atomic E-state index is 0.00894. The minimum Gasteiger partial charge on any atom is -0.325 e. The summed E-state index contributed by atoms with van der Waals surface area (Å²) in [6, 6.07) is -0.207. The lowest BCUT2D eigenvalue weighted by Gasteiger charge is -2.34. The molecule has 0 amide bonds. The maximum Gasteiger partial charge on any atom is 0.153 e. The van der Waals surface area contributed by atoms with Crippen LogP contribution in [0.15, 0.2) is 0 Å². The first-order chi connectivity index (χ1) is 8.37. The number of nitrogens with two attached hydrogens (primary N) is 1. The molecule has 2 N–H and O–H groups in total. The standard InChI is InChI=1S/C12H25N3O2S/c1-14-5-3-10(4-6-14)7-15(2)12-9-18(16,17)8-11(12)13/h10-12H,3-9,13H2,1-2H3. The van der Waals surface area contributed by atoms with Gasteiger partial charge in [-0.3, -0.25) is 0 Å². The van der Waals surface area contributed by atoms with Crippen LogP contribution in [-0.4, -0.2) is 75.5 Å². The molecule has 0 aromatic rings. The van der Waals surface area contributed by atoms with Gasteiger partial charge in [0.25, 0.3) is 0 Å². The van der Waals surface area contributed by atoms with Gasteiger partial charge in [0, 0.05) is 18.6 Å². The lowest BCUT2D eigenvalue weighted by molar-refractivity contribution is 0.151. The molecule has 0 radical (unpaired) electrons. The molecule has 106 valence electrons. The van der Waals surface area contributed by atoms with E-state index in [-0.39, 0.29) is 23.6 Å². The molecule has 2 fully saturated rings. The summed E-state index contributed by atoms with van der Waals surface area (Å²) in [5, 5.41) is 0. The van der Waals surface area contributed by atoms with Crippen LogP contribution in [0.4, 0.5) is 0 Å². The van der Waals surface area contributed by atoms with E-state index >= 15 is 0 Å². The Labute approximate surface area is 110 Å². The van der Waals surface area contributed by atoms with Crippen LogP contribution in [-0.2, 0) is 9.84 Å². The minimum atomic E-state index is -2.91. The fourth-order valence-electron chi connectivity index (χ4n) is 3.10. The Morgan fingerprint density at radius 2 is 1.89 bits per heavy atom. The van der Waals surface area contributed by atoms with Crippen LogP contribution < -0.4 is 5.73 Å². The number of likely N-dealkylation sites (tertiary alicyclic amines) is 1. The smallest absolute Gasteiger partial charge is 0.153 e. The predicted octanol–water partition coefficient (Wildman–Crippen LogP) is -0.616. The summed E-state index contributed by atoms with van der Waals surface area (Å²) in [7, 11) is 1.26. The van der Waals surface area contributed by atoms with E-state index in [1.54, 1.807) is 0 Å². The van der Waals surface area contributed by atoms with Gasteiger partial charge >= 0.3 is 0 Å². The molecular weight excluding hydrogens is 250 g/mol. The van der Waals surface area contributed by atoms with Crippen molar-refractivity contribution in [1.82, 2.24) is 9.80 Å². The van der Waals surface area contributed by atoms with E-state index in [4.69, 9.17) is 5.73 Å². The topological polar surface area (TPSA) is 66.6 Å². The molecule has 2 atom stereocenters. The highest BCUT2D eigenvalue weighted by molar-refractivity contribution is 7.91. The van der Waals surface area contributed by atoms with Crippen molar-refractivity contribution >= 4 is 9.84 Å². The average molecular weight is 275 g/mol. The molecule has 0 aliphatic carbocycles. The van der Waals surface area contributed by atoms with Crippen molar-refractivity contribution in [3.63, 3.8) is 0 Å². The highest BCUT2D eigenvalue weighted by atomic mass is 32.2. The molecule has 0 saturated carbocycles. The van der Waals surface area contributed by atoms with Gasteiger partial charge in [-0.05, 0) is 45.9 Å². The van der Waals surface area contributed by atoms with E-state index in [2.05, 4.69) is 16.8 Å². The van der Waals surface area contributed by atoms with Gasteiger partial charge in [0.2, 0.25) is 0 Å². The number of piperidine rings is 1. The van der Waals surface area contributed by atoms with E-state index in [1.165, 1.54) is 12.8 Å². The van der Waals surface area contributed by atoms with E-state index in [0.29, 0.717) is 5.92 Å². The second kappa shape index (κ2) is 5.45. The summed E-state index contributed by atoms with van der Waals surface area (Å²) < 4.78 is 23.2. The van der Waals surface area contributed by atoms with Crippen LogP contribution in [0.5, 0.6) is 0 Å². The Hall–Kier alpha value is -0.170. The molecule has 2 saturated heterocycles. The third-order valence-corrected chi connectivity index (χ3v) is 6.06. The van der Waals surface area contributed by atoms with Gasteiger partial charge in [-0.1, -0.05) is 0 Å². The first-order valence-electron chi connectivity index (χ1n) is 6.72. The number of likely N-dealkylation sites (N-methyl/N-ethyl adjacent to an activating group) is 1. The van der Waals surface area contributed by atoms with Gasteiger partial charge in [0.05, 0.1) is 11.5 Å². The van der Waals surface area contributed by atoms with Crippen molar-refractivity contribution in [2.75, 3.05) is 45.2 Å². The Morgan fingerprint density at radius 3 is 2.39 bits per heavy atom. The van der Waals surface area contributed by atoms with Crippen molar-refractivity contribution in [3.8, 4) is 0 Å². The lowest BCUT2D eigenvalue weighted by atomic mass is 9.96. The molecule has 0 aromatic heterocycles. The SMILES string of the molecule is CN1CCC(CN(C)C2CS(=O)(=O)CC2N)CC1. The average Bonchev–Trinajstić information content (AvgIpc) is 2.55. The van der Waals surface area contributed by atoms with Crippen molar-refractivity contribution in [2.45, 2.75) is 24.9 Å². The molecule has 5 nitrogen and oxygen atoms in total. The van der Waals surface area contributed by atoms with Gasteiger partial charge < -0.3 is 15.5 Å². The van der Waals surface area contributed by atoms with Crippen molar-refractivity contribution in [1.29, 1.82) is 0 Å². The fourth-order valence-corrected chi connectivity index (χ4v) is 5.06. The van der Waals surface area contributed by atoms with Crippen LogP contribution in [0.25, 0.3) is 0 Å². The van der Waals surface area contributed by atoms with E-state index in [1.807, 2.05) is 7.05 Å². The molecule has 2 aliphatic rings. The Bertz CT molecular complexity index is 377. The van der Waals surface area contributed by atoms with Crippen molar-refractivity contribution < 1.29 is 8.42 Å². The molecule has 18 heavy (non-hydrogen) atoms. The Balaban J connectivity index is 1.86. The Kier molecular flexibility index (Phi) is 4.31. The summed E-state index contributed by atoms with van der Waals surface area (Å²) in [4.78, 5) is 4.52. The summed E-state index contributed by atoms with van der Waals surface area (Å²) >= 11 is 0. The zero-order chi connectivity index (χ0) is 13.3. The highest BCUT2D eigenvalue weighted by Gasteiger charge is 2.38.